The van der Waals surface area contributed by atoms with Crippen LogP contribution in [0.2, 0.25) is 20.1 Å². The zero-order chi connectivity index (χ0) is 14.1. The quantitative estimate of drug-likeness (QED) is 0.403. The normalized spacial score (nSPS) is 31.7. The lowest BCUT2D eigenvalue weighted by molar-refractivity contribution is 0.0637. The van der Waals surface area contributed by atoms with Crippen LogP contribution in [0.1, 0.15) is 42.7 Å². The van der Waals surface area contributed by atoms with Gasteiger partial charge in [-0.1, -0.05) is 53.0 Å². The minimum absolute atomic E-state index is 0.0928. The Labute approximate surface area is 132 Å². The molecule has 0 amide bonds. The first kappa shape index (κ1) is 14.0. The Bertz CT molecular complexity index is 565. The van der Waals surface area contributed by atoms with E-state index in [-0.39, 0.29) is 21.9 Å². The largest absolute Gasteiger partial charge is 0.384 e. The summed E-state index contributed by atoms with van der Waals surface area (Å²) in [6.45, 7) is 5.77. The molecule has 2 aliphatic rings. The Kier molecular flexibility index (Phi) is 3.17. The second-order valence-electron chi connectivity index (χ2n) is 5.37. The smallest absolute Gasteiger partial charge is 0.0989 e. The van der Waals surface area contributed by atoms with E-state index in [0.29, 0.717) is 10.0 Å². The maximum Gasteiger partial charge on any atom is 0.0989 e. The van der Waals surface area contributed by atoms with Crippen LogP contribution in [0.4, 0.5) is 0 Å². The van der Waals surface area contributed by atoms with Crippen molar-refractivity contribution in [1.82, 2.24) is 0 Å². The number of aliphatic hydroxyl groups is 1. The van der Waals surface area contributed by atoms with Gasteiger partial charge in [0.25, 0.3) is 0 Å². The van der Waals surface area contributed by atoms with Crippen molar-refractivity contribution in [2.75, 3.05) is 0 Å². The van der Waals surface area contributed by atoms with E-state index >= 15 is 0 Å². The van der Waals surface area contributed by atoms with Gasteiger partial charge >= 0.3 is 0 Å². The fraction of sp³-hybridized carbons (Fsp3) is 0.429. The summed E-state index contributed by atoms with van der Waals surface area (Å²) in [5, 5.41) is 12.4. The van der Waals surface area contributed by atoms with Gasteiger partial charge < -0.3 is 5.11 Å². The molecule has 0 aromatic heterocycles. The average molecular weight is 338 g/mol. The Hall–Kier alpha value is 0.0800. The average Bonchev–Trinajstić information content (AvgIpc) is 2.84. The first-order valence-corrected chi connectivity index (χ1v) is 7.57. The minimum Gasteiger partial charge on any atom is -0.384 e. The molecular formula is C14H12Cl4O. The summed E-state index contributed by atoms with van der Waals surface area (Å²) in [7, 11) is 0. The molecule has 0 heterocycles. The highest BCUT2D eigenvalue weighted by Gasteiger charge is 2.59. The predicted molar refractivity (Wildman–Crippen MR) is 81.0 cm³/mol. The monoisotopic (exact) mass is 336 g/mol. The second-order valence-corrected chi connectivity index (χ2v) is 6.88. The third kappa shape index (κ3) is 1.54. The lowest BCUT2D eigenvalue weighted by atomic mass is 9.83. The van der Waals surface area contributed by atoms with Gasteiger partial charge in [-0.05, 0) is 36.5 Å². The van der Waals surface area contributed by atoms with Crippen molar-refractivity contribution >= 4 is 46.4 Å². The summed E-state index contributed by atoms with van der Waals surface area (Å²) in [6.07, 6.45) is 1.71. The molecule has 5 heteroatoms. The lowest BCUT2D eigenvalue weighted by Crippen LogP contribution is -2.33. The van der Waals surface area contributed by atoms with Crippen LogP contribution in [0.3, 0.4) is 0 Å². The van der Waals surface area contributed by atoms with Gasteiger partial charge in [0.1, 0.15) is 0 Å². The van der Waals surface area contributed by atoms with Gasteiger partial charge in [-0.25, -0.2) is 0 Å². The molecule has 1 fully saturated rings. The van der Waals surface area contributed by atoms with Crippen molar-refractivity contribution in [3.8, 4) is 0 Å². The van der Waals surface area contributed by atoms with E-state index in [1.807, 2.05) is 6.92 Å². The highest BCUT2D eigenvalue weighted by molar-refractivity contribution is 6.52. The van der Waals surface area contributed by atoms with Gasteiger partial charge in [0, 0.05) is 11.8 Å². The van der Waals surface area contributed by atoms with E-state index in [1.165, 1.54) is 0 Å². The highest BCUT2D eigenvalue weighted by atomic mass is 35.5. The number of benzene rings is 1. The van der Waals surface area contributed by atoms with E-state index in [9.17, 15) is 5.11 Å². The molecule has 1 aromatic carbocycles. The van der Waals surface area contributed by atoms with Gasteiger partial charge in [-0.2, -0.15) is 0 Å². The molecule has 1 nitrogen and oxygen atoms in total. The van der Waals surface area contributed by atoms with Gasteiger partial charge in [0.05, 0.1) is 25.7 Å². The van der Waals surface area contributed by atoms with Gasteiger partial charge in [0.2, 0.25) is 0 Å². The fourth-order valence-electron chi connectivity index (χ4n) is 3.69. The van der Waals surface area contributed by atoms with Crippen LogP contribution in [0.25, 0.3) is 0 Å². The molecule has 0 spiro atoms. The van der Waals surface area contributed by atoms with Crippen molar-refractivity contribution in [3.05, 3.63) is 43.4 Å². The van der Waals surface area contributed by atoms with E-state index < -0.39 is 5.60 Å². The second kappa shape index (κ2) is 4.29. The van der Waals surface area contributed by atoms with Crippen molar-refractivity contribution < 1.29 is 5.11 Å². The van der Waals surface area contributed by atoms with Crippen molar-refractivity contribution in [2.24, 2.45) is 0 Å². The van der Waals surface area contributed by atoms with Crippen molar-refractivity contribution in [2.45, 2.75) is 37.2 Å². The maximum absolute atomic E-state index is 11.0. The Morgan fingerprint density at radius 2 is 1.37 bits per heavy atom. The van der Waals surface area contributed by atoms with Crippen LogP contribution < -0.4 is 0 Å². The summed E-state index contributed by atoms with van der Waals surface area (Å²) in [5.41, 5.74) is 1.45. The fourth-order valence-corrected chi connectivity index (χ4v) is 4.83. The molecule has 2 bridgehead atoms. The number of halogens is 4. The SMILES string of the molecule is C=C(C)C1(O)[C@@H]2CC[C@@H]1c1c(Cl)c(Cl)c(Cl)c(Cl)c12. The van der Waals surface area contributed by atoms with Gasteiger partial charge in [0.15, 0.2) is 0 Å². The zero-order valence-electron chi connectivity index (χ0n) is 10.2. The van der Waals surface area contributed by atoms with Crippen molar-refractivity contribution in [1.29, 1.82) is 0 Å². The Balaban J connectivity index is 2.35. The lowest BCUT2D eigenvalue weighted by Gasteiger charge is -2.29. The molecular weight excluding hydrogens is 326 g/mol. The van der Waals surface area contributed by atoms with Crippen LogP contribution in [0.15, 0.2) is 12.2 Å². The van der Waals surface area contributed by atoms with Gasteiger partial charge in [-0.3, -0.25) is 0 Å². The minimum atomic E-state index is -0.983. The van der Waals surface area contributed by atoms with Crippen LogP contribution in [-0.2, 0) is 0 Å². The maximum atomic E-state index is 11.0. The van der Waals surface area contributed by atoms with E-state index in [1.54, 1.807) is 0 Å². The number of hydrogen-bond acceptors (Lipinski definition) is 1. The highest BCUT2D eigenvalue weighted by Crippen LogP contribution is 2.66. The molecule has 102 valence electrons. The summed E-state index contributed by atoms with van der Waals surface area (Å²) >= 11 is 24.9. The zero-order valence-corrected chi connectivity index (χ0v) is 13.3. The molecule has 0 saturated heterocycles. The predicted octanol–water partition coefficient (Wildman–Crippen LogP) is 5.58. The van der Waals surface area contributed by atoms with Gasteiger partial charge in [-0.15, -0.1) is 0 Å². The molecule has 1 saturated carbocycles. The Morgan fingerprint density at radius 3 is 1.68 bits per heavy atom. The van der Waals surface area contributed by atoms with E-state index in [0.717, 1.165) is 29.5 Å². The number of rotatable bonds is 1. The molecule has 0 unspecified atom stereocenters. The molecule has 2 aliphatic carbocycles. The number of hydrogen-bond donors (Lipinski definition) is 1. The van der Waals surface area contributed by atoms with E-state index in [4.69, 9.17) is 46.4 Å². The topological polar surface area (TPSA) is 20.2 Å². The molecule has 0 aliphatic heterocycles. The molecule has 1 aromatic rings. The standard InChI is InChI=1S/C14H12Cl4O/c1-5(2)14(19)6-3-4-7(14)9-8(6)10(15)12(17)13(18)11(9)16/h6-7,19H,1,3-4H2,2H3/t6-,7-/m1/s1. The summed E-state index contributed by atoms with van der Waals surface area (Å²) in [6, 6.07) is 0. The van der Waals surface area contributed by atoms with Crippen molar-refractivity contribution in [3.63, 3.8) is 0 Å². The third-order valence-corrected chi connectivity index (χ3v) is 6.36. The van der Waals surface area contributed by atoms with E-state index in [2.05, 4.69) is 6.58 Å². The van der Waals surface area contributed by atoms with Crippen LogP contribution >= 0.6 is 46.4 Å². The molecule has 1 N–H and O–H groups in total. The first-order valence-electron chi connectivity index (χ1n) is 6.05. The number of fused-ring (bicyclic) bond motifs is 5. The molecule has 3 rings (SSSR count). The van der Waals surface area contributed by atoms with Crippen LogP contribution in [-0.4, -0.2) is 10.7 Å². The molecule has 0 radical (unpaired) electrons. The molecule has 19 heavy (non-hydrogen) atoms. The summed E-state index contributed by atoms with van der Waals surface area (Å²) < 4.78 is 0. The Morgan fingerprint density at radius 1 is 1.00 bits per heavy atom. The first-order chi connectivity index (χ1) is 8.81. The summed E-state index contributed by atoms with van der Waals surface area (Å²) in [4.78, 5) is 0. The third-order valence-electron chi connectivity index (χ3n) is 4.53. The van der Waals surface area contributed by atoms with Crippen LogP contribution in [0.5, 0.6) is 0 Å². The van der Waals surface area contributed by atoms with Crippen LogP contribution in [0, 0.1) is 0 Å². The summed E-state index contributed by atoms with van der Waals surface area (Å²) in [5.74, 6) is -0.186. The molecule has 2 atom stereocenters.